The molecule has 0 amide bonds. The molecule has 0 aliphatic carbocycles. The zero-order valence-corrected chi connectivity index (χ0v) is 18.9. The normalized spacial score (nSPS) is 11.9. The second kappa shape index (κ2) is 8.43. The first-order valence-corrected chi connectivity index (χ1v) is 11.0. The molecule has 0 radical (unpaired) electrons. The van der Waals surface area contributed by atoms with E-state index in [-0.39, 0.29) is 10.8 Å². The van der Waals surface area contributed by atoms with Gasteiger partial charge in [0.05, 0.1) is 0 Å². The summed E-state index contributed by atoms with van der Waals surface area (Å²) in [5.74, 6) is 0. The summed E-state index contributed by atoms with van der Waals surface area (Å²) in [6.07, 6.45) is 0. The predicted octanol–water partition coefficient (Wildman–Crippen LogP) is 8.08. The van der Waals surface area contributed by atoms with Crippen LogP contribution in [0.5, 0.6) is 0 Å². The van der Waals surface area contributed by atoms with Crippen LogP contribution in [0.1, 0.15) is 49.9 Å². The molecule has 0 aliphatic heterocycles. The van der Waals surface area contributed by atoms with Crippen LogP contribution < -0.4 is 5.32 Å². The minimum Gasteiger partial charge on any atom is -0.356 e. The number of benzene rings is 4. The summed E-state index contributed by atoms with van der Waals surface area (Å²) in [5, 5.41) is 3.63. The summed E-state index contributed by atoms with van der Waals surface area (Å²) in [7, 11) is 0. The van der Waals surface area contributed by atoms with Gasteiger partial charge in [0.25, 0.3) is 0 Å². The van der Waals surface area contributed by atoms with Gasteiger partial charge in [-0.2, -0.15) is 0 Å². The molecule has 0 spiro atoms. The highest BCUT2D eigenvalue weighted by atomic mass is 14.9. The minimum atomic E-state index is -0.0594. The molecule has 0 saturated carbocycles. The summed E-state index contributed by atoms with van der Waals surface area (Å²) in [6.45, 7) is 9.13. The predicted molar refractivity (Wildman–Crippen MR) is 133 cm³/mol. The van der Waals surface area contributed by atoms with Gasteiger partial charge in [-0.1, -0.05) is 113 Å². The molecule has 0 unspecified atom stereocenters. The Labute approximate surface area is 186 Å². The largest absolute Gasteiger partial charge is 0.356 e. The maximum atomic E-state index is 3.63. The molecule has 0 atom stereocenters. The molecule has 0 bridgehead atoms. The molecule has 0 aromatic heterocycles. The zero-order chi connectivity index (χ0) is 21.9. The molecular weight excluding hydrogens is 374 g/mol. The molecule has 4 aromatic rings. The molecule has 156 valence electrons. The summed E-state index contributed by atoms with van der Waals surface area (Å²) >= 11 is 0. The summed E-state index contributed by atoms with van der Waals surface area (Å²) < 4.78 is 0. The van der Waals surface area contributed by atoms with Crippen molar-refractivity contribution in [3.05, 3.63) is 131 Å². The van der Waals surface area contributed by atoms with Gasteiger partial charge >= 0.3 is 0 Å². The van der Waals surface area contributed by atoms with Gasteiger partial charge in [0.2, 0.25) is 0 Å². The van der Waals surface area contributed by atoms with E-state index < -0.39 is 0 Å². The van der Waals surface area contributed by atoms with Crippen molar-refractivity contribution >= 4 is 11.4 Å². The second-order valence-corrected chi connectivity index (χ2v) is 9.27. The Morgan fingerprint density at radius 3 is 1.16 bits per heavy atom. The Bertz CT molecular complexity index is 1050. The van der Waals surface area contributed by atoms with Gasteiger partial charge in [-0.05, 0) is 46.5 Å². The van der Waals surface area contributed by atoms with Crippen LogP contribution in [0.4, 0.5) is 11.4 Å². The quantitative estimate of drug-likeness (QED) is 0.342. The summed E-state index contributed by atoms with van der Waals surface area (Å²) in [6, 6.07) is 38.9. The third-order valence-electron chi connectivity index (χ3n) is 6.45. The number of hydrogen-bond acceptors (Lipinski definition) is 1. The third-order valence-corrected chi connectivity index (χ3v) is 6.45. The first-order valence-electron chi connectivity index (χ1n) is 11.0. The number of hydrogen-bond donors (Lipinski definition) is 1. The fourth-order valence-electron chi connectivity index (χ4n) is 4.18. The molecule has 1 N–H and O–H groups in total. The van der Waals surface area contributed by atoms with E-state index in [9.17, 15) is 0 Å². The molecule has 31 heavy (non-hydrogen) atoms. The molecule has 0 aliphatic rings. The van der Waals surface area contributed by atoms with E-state index >= 15 is 0 Å². The highest BCUT2D eigenvalue weighted by molar-refractivity contribution is 5.63. The van der Waals surface area contributed by atoms with E-state index in [0.717, 1.165) is 11.4 Å². The molecule has 4 rings (SSSR count). The lowest BCUT2D eigenvalue weighted by molar-refractivity contribution is 0.641. The number of anilines is 2. The van der Waals surface area contributed by atoms with Crippen LogP contribution in [-0.4, -0.2) is 0 Å². The Kier molecular flexibility index (Phi) is 5.69. The van der Waals surface area contributed by atoms with Gasteiger partial charge in [-0.25, -0.2) is 0 Å². The third kappa shape index (κ3) is 4.41. The van der Waals surface area contributed by atoms with E-state index in [1.165, 1.54) is 22.3 Å². The molecule has 0 saturated heterocycles. The van der Waals surface area contributed by atoms with E-state index in [1.54, 1.807) is 0 Å². The summed E-state index contributed by atoms with van der Waals surface area (Å²) in [4.78, 5) is 0. The van der Waals surface area contributed by atoms with Gasteiger partial charge in [-0.15, -0.1) is 0 Å². The lowest BCUT2D eigenvalue weighted by atomic mass is 9.78. The Morgan fingerprint density at radius 2 is 0.774 bits per heavy atom. The van der Waals surface area contributed by atoms with Crippen LogP contribution in [0, 0.1) is 0 Å². The van der Waals surface area contributed by atoms with Crippen LogP contribution in [0.15, 0.2) is 109 Å². The Morgan fingerprint density at radius 1 is 0.419 bits per heavy atom. The van der Waals surface area contributed by atoms with E-state index in [2.05, 4.69) is 142 Å². The van der Waals surface area contributed by atoms with Crippen molar-refractivity contribution in [2.45, 2.75) is 38.5 Å². The molecule has 1 heteroatoms. The zero-order valence-electron chi connectivity index (χ0n) is 18.9. The highest BCUT2D eigenvalue weighted by Crippen LogP contribution is 2.35. The van der Waals surface area contributed by atoms with Gasteiger partial charge in [-0.3, -0.25) is 0 Å². The van der Waals surface area contributed by atoms with Gasteiger partial charge in [0, 0.05) is 22.2 Å². The smallest absolute Gasteiger partial charge is 0.0387 e. The molecular formula is C30H31N. The Balaban J connectivity index is 1.61. The van der Waals surface area contributed by atoms with Gasteiger partial charge in [0.15, 0.2) is 0 Å². The van der Waals surface area contributed by atoms with Crippen molar-refractivity contribution in [1.29, 1.82) is 0 Å². The van der Waals surface area contributed by atoms with Crippen LogP contribution in [-0.2, 0) is 10.8 Å². The second-order valence-electron chi connectivity index (χ2n) is 9.27. The first kappa shape index (κ1) is 20.9. The van der Waals surface area contributed by atoms with Crippen molar-refractivity contribution in [3.8, 4) is 0 Å². The van der Waals surface area contributed by atoms with Crippen LogP contribution in [0.2, 0.25) is 0 Å². The molecule has 1 nitrogen and oxygen atoms in total. The maximum Gasteiger partial charge on any atom is 0.0387 e. The van der Waals surface area contributed by atoms with Crippen LogP contribution in [0.3, 0.4) is 0 Å². The van der Waals surface area contributed by atoms with Crippen molar-refractivity contribution in [1.82, 2.24) is 0 Å². The number of nitrogens with one attached hydrogen (secondary N) is 1. The minimum absolute atomic E-state index is 0.0594. The van der Waals surface area contributed by atoms with Crippen molar-refractivity contribution in [2.75, 3.05) is 5.32 Å². The van der Waals surface area contributed by atoms with E-state index in [4.69, 9.17) is 0 Å². The fraction of sp³-hybridized carbons (Fsp3) is 0.200. The SMILES string of the molecule is CC(C)(c1ccccc1)c1cccc(Nc2cccc(C(C)(C)c3ccccc3)c2)c1. The van der Waals surface area contributed by atoms with Crippen LogP contribution in [0.25, 0.3) is 0 Å². The van der Waals surface area contributed by atoms with Crippen molar-refractivity contribution in [3.63, 3.8) is 0 Å². The number of rotatable bonds is 6. The molecule has 0 fully saturated rings. The lowest BCUT2D eigenvalue weighted by Crippen LogP contribution is -2.19. The Hall–Kier alpha value is -3.32. The summed E-state index contributed by atoms with van der Waals surface area (Å²) in [5.41, 5.74) is 7.32. The van der Waals surface area contributed by atoms with Crippen molar-refractivity contribution in [2.24, 2.45) is 0 Å². The fourth-order valence-corrected chi connectivity index (χ4v) is 4.18. The monoisotopic (exact) mass is 405 g/mol. The lowest BCUT2D eigenvalue weighted by Gasteiger charge is -2.27. The van der Waals surface area contributed by atoms with Gasteiger partial charge < -0.3 is 5.32 Å². The van der Waals surface area contributed by atoms with Crippen molar-refractivity contribution < 1.29 is 0 Å². The highest BCUT2D eigenvalue weighted by Gasteiger charge is 2.24. The average Bonchev–Trinajstić information content (AvgIpc) is 2.80. The van der Waals surface area contributed by atoms with Crippen LogP contribution >= 0.6 is 0 Å². The molecule has 4 aromatic carbocycles. The topological polar surface area (TPSA) is 12.0 Å². The standard InChI is InChI=1S/C30H31N/c1-29(2,23-13-7-5-8-14-23)25-17-11-19-27(21-25)31-28-20-12-18-26(22-28)30(3,4)24-15-9-6-10-16-24/h5-22,31H,1-4H3. The maximum absolute atomic E-state index is 3.63. The van der Waals surface area contributed by atoms with E-state index in [0.29, 0.717) is 0 Å². The van der Waals surface area contributed by atoms with E-state index in [1.807, 2.05) is 0 Å². The van der Waals surface area contributed by atoms with Gasteiger partial charge in [0.1, 0.15) is 0 Å². The molecule has 0 heterocycles. The first-order chi connectivity index (χ1) is 14.9. The average molecular weight is 406 g/mol.